The minimum absolute atomic E-state index is 0.475. The summed E-state index contributed by atoms with van der Waals surface area (Å²) in [5, 5.41) is 0. The van der Waals surface area contributed by atoms with Crippen LogP contribution in [0.1, 0.15) is 32.6 Å². The van der Waals surface area contributed by atoms with Gasteiger partial charge in [-0.05, 0) is 43.8 Å². The van der Waals surface area contributed by atoms with Crippen molar-refractivity contribution in [2.24, 2.45) is 5.92 Å². The lowest BCUT2D eigenvalue weighted by Crippen LogP contribution is -2.34. The molecule has 0 fully saturated rings. The van der Waals surface area contributed by atoms with Crippen LogP contribution in [0.2, 0.25) is 0 Å². The van der Waals surface area contributed by atoms with Gasteiger partial charge in [0.1, 0.15) is 0 Å². The predicted molar refractivity (Wildman–Crippen MR) is 86.0 cm³/mol. The Labute approximate surface area is 122 Å². The summed E-state index contributed by atoms with van der Waals surface area (Å²) in [6, 6.07) is 0.475. The Bertz CT molecular complexity index is 528. The predicted octanol–water partition coefficient (Wildman–Crippen LogP) is 4.89. The van der Waals surface area contributed by atoms with E-state index in [9.17, 15) is 0 Å². The fraction of sp³-hybridized carbons (Fsp3) is 0.368. The topological polar surface area (TPSA) is 3.24 Å². The first-order valence-corrected chi connectivity index (χ1v) is 7.70. The highest BCUT2D eigenvalue weighted by Crippen LogP contribution is 2.32. The molecule has 104 valence electrons. The molecule has 20 heavy (non-hydrogen) atoms. The van der Waals surface area contributed by atoms with E-state index in [0.29, 0.717) is 12.0 Å². The van der Waals surface area contributed by atoms with Crippen molar-refractivity contribution in [2.45, 2.75) is 38.6 Å². The average Bonchev–Trinajstić information content (AvgIpc) is 2.50. The van der Waals surface area contributed by atoms with E-state index < -0.39 is 0 Å². The Morgan fingerprint density at radius 1 is 0.950 bits per heavy atom. The first-order valence-electron chi connectivity index (χ1n) is 7.70. The summed E-state index contributed by atoms with van der Waals surface area (Å²) in [6.07, 6.45) is 27.1. The Morgan fingerprint density at radius 3 is 2.55 bits per heavy atom. The van der Waals surface area contributed by atoms with Crippen molar-refractivity contribution in [1.82, 2.24) is 4.90 Å². The third-order valence-electron chi connectivity index (χ3n) is 4.16. The molecule has 1 heteroatoms. The molecular weight excluding hydrogens is 242 g/mol. The largest absolute Gasteiger partial charge is 0.342 e. The van der Waals surface area contributed by atoms with Gasteiger partial charge in [-0.1, -0.05) is 55.5 Å². The molecule has 0 amide bonds. The zero-order chi connectivity index (χ0) is 13.8. The molecule has 0 aromatic heterocycles. The van der Waals surface area contributed by atoms with Crippen LogP contribution in [0.25, 0.3) is 0 Å². The maximum Gasteiger partial charge on any atom is 0.0553 e. The summed E-state index contributed by atoms with van der Waals surface area (Å²) in [4.78, 5) is 2.57. The van der Waals surface area contributed by atoms with E-state index in [0.717, 1.165) is 25.7 Å². The van der Waals surface area contributed by atoms with Crippen molar-refractivity contribution in [2.75, 3.05) is 0 Å². The SMILES string of the molecule is CC1C=CC=C(N(C2=CC=CCC2)C2C=CC=CC2)C1. The molecule has 0 aliphatic heterocycles. The molecule has 0 aromatic rings. The minimum atomic E-state index is 0.475. The minimum Gasteiger partial charge on any atom is -0.342 e. The van der Waals surface area contributed by atoms with E-state index in [4.69, 9.17) is 0 Å². The molecule has 3 rings (SSSR count). The molecule has 0 bridgehead atoms. The molecule has 0 radical (unpaired) electrons. The first-order chi connectivity index (χ1) is 9.84. The van der Waals surface area contributed by atoms with E-state index in [2.05, 4.69) is 72.6 Å². The third kappa shape index (κ3) is 2.87. The summed E-state index contributed by atoms with van der Waals surface area (Å²) >= 11 is 0. The van der Waals surface area contributed by atoms with Gasteiger partial charge in [-0.25, -0.2) is 0 Å². The van der Waals surface area contributed by atoms with Crippen LogP contribution in [0.15, 0.2) is 72.2 Å². The van der Waals surface area contributed by atoms with Gasteiger partial charge >= 0.3 is 0 Å². The molecule has 0 heterocycles. The summed E-state index contributed by atoms with van der Waals surface area (Å²) < 4.78 is 0. The van der Waals surface area contributed by atoms with Crippen molar-refractivity contribution in [3.8, 4) is 0 Å². The van der Waals surface area contributed by atoms with Crippen molar-refractivity contribution >= 4 is 0 Å². The number of hydrogen-bond acceptors (Lipinski definition) is 1. The molecule has 3 aliphatic rings. The molecule has 0 spiro atoms. The normalized spacial score (nSPS) is 28.2. The molecule has 0 saturated carbocycles. The molecular formula is C19H23N. The van der Waals surface area contributed by atoms with Crippen LogP contribution in [-0.4, -0.2) is 10.9 Å². The van der Waals surface area contributed by atoms with Crippen LogP contribution in [-0.2, 0) is 0 Å². The lowest BCUT2D eigenvalue weighted by molar-refractivity contribution is 0.328. The Morgan fingerprint density at radius 2 is 1.85 bits per heavy atom. The second kappa shape index (κ2) is 6.13. The van der Waals surface area contributed by atoms with E-state index in [1.54, 1.807) is 0 Å². The maximum absolute atomic E-state index is 2.57. The molecule has 0 aromatic carbocycles. The summed E-state index contributed by atoms with van der Waals surface area (Å²) in [6.45, 7) is 2.30. The number of hydrogen-bond donors (Lipinski definition) is 0. The summed E-state index contributed by atoms with van der Waals surface area (Å²) in [7, 11) is 0. The Balaban J connectivity index is 1.90. The van der Waals surface area contributed by atoms with Crippen molar-refractivity contribution < 1.29 is 0 Å². The fourth-order valence-corrected chi connectivity index (χ4v) is 3.16. The van der Waals surface area contributed by atoms with Gasteiger partial charge in [0.25, 0.3) is 0 Å². The zero-order valence-electron chi connectivity index (χ0n) is 12.2. The zero-order valence-corrected chi connectivity index (χ0v) is 12.2. The number of allylic oxidation sites excluding steroid dienone is 10. The highest BCUT2D eigenvalue weighted by atomic mass is 15.2. The molecule has 0 saturated heterocycles. The van der Waals surface area contributed by atoms with E-state index >= 15 is 0 Å². The van der Waals surface area contributed by atoms with Crippen LogP contribution in [0.5, 0.6) is 0 Å². The second-order valence-electron chi connectivity index (χ2n) is 5.84. The van der Waals surface area contributed by atoms with E-state index in [1.807, 2.05) is 0 Å². The van der Waals surface area contributed by atoms with Gasteiger partial charge in [-0.15, -0.1) is 0 Å². The second-order valence-corrected chi connectivity index (χ2v) is 5.84. The molecule has 2 unspecified atom stereocenters. The molecule has 1 nitrogen and oxygen atoms in total. The van der Waals surface area contributed by atoms with Crippen molar-refractivity contribution in [1.29, 1.82) is 0 Å². The highest BCUT2D eigenvalue weighted by Gasteiger charge is 2.24. The Hall–Kier alpha value is -1.76. The first kappa shape index (κ1) is 13.2. The standard InChI is InChI=1S/C19H23N/c1-16-9-8-14-19(15-16)20(17-10-4-2-5-11-17)18-12-6-3-7-13-18/h2-6,8-10,12,14,16-17H,7,11,13,15H2,1H3. The van der Waals surface area contributed by atoms with Crippen LogP contribution in [0, 0.1) is 5.92 Å². The third-order valence-corrected chi connectivity index (χ3v) is 4.16. The van der Waals surface area contributed by atoms with Crippen LogP contribution >= 0.6 is 0 Å². The monoisotopic (exact) mass is 265 g/mol. The smallest absolute Gasteiger partial charge is 0.0553 e. The quantitative estimate of drug-likeness (QED) is 0.702. The summed E-state index contributed by atoms with van der Waals surface area (Å²) in [5.74, 6) is 0.639. The Kier molecular flexibility index (Phi) is 4.05. The number of rotatable bonds is 3. The van der Waals surface area contributed by atoms with Gasteiger partial charge in [0.2, 0.25) is 0 Å². The van der Waals surface area contributed by atoms with Crippen molar-refractivity contribution in [3.63, 3.8) is 0 Å². The molecule has 3 aliphatic carbocycles. The maximum atomic E-state index is 2.57. The van der Waals surface area contributed by atoms with Crippen LogP contribution < -0.4 is 0 Å². The van der Waals surface area contributed by atoms with Gasteiger partial charge in [0.15, 0.2) is 0 Å². The van der Waals surface area contributed by atoms with Gasteiger partial charge < -0.3 is 4.90 Å². The van der Waals surface area contributed by atoms with Gasteiger partial charge in [0.05, 0.1) is 6.04 Å². The van der Waals surface area contributed by atoms with Crippen LogP contribution in [0.3, 0.4) is 0 Å². The van der Waals surface area contributed by atoms with Gasteiger partial charge in [-0.2, -0.15) is 0 Å². The van der Waals surface area contributed by atoms with Crippen LogP contribution in [0.4, 0.5) is 0 Å². The van der Waals surface area contributed by atoms with Crippen molar-refractivity contribution in [3.05, 3.63) is 72.2 Å². The summed E-state index contributed by atoms with van der Waals surface area (Å²) in [5.41, 5.74) is 2.93. The highest BCUT2D eigenvalue weighted by molar-refractivity contribution is 5.30. The van der Waals surface area contributed by atoms with E-state index in [1.165, 1.54) is 11.4 Å². The van der Waals surface area contributed by atoms with Gasteiger partial charge in [-0.3, -0.25) is 0 Å². The lowest BCUT2D eigenvalue weighted by atomic mass is 9.95. The molecule has 0 N–H and O–H groups in total. The number of nitrogens with zero attached hydrogens (tertiary/aromatic N) is 1. The molecule has 2 atom stereocenters. The van der Waals surface area contributed by atoms with Gasteiger partial charge in [0, 0.05) is 11.4 Å². The average molecular weight is 265 g/mol. The fourth-order valence-electron chi connectivity index (χ4n) is 3.16. The van der Waals surface area contributed by atoms with E-state index in [-0.39, 0.29) is 0 Å². The lowest BCUT2D eigenvalue weighted by Gasteiger charge is -2.38.